The molecule has 1 heterocycles. The highest BCUT2D eigenvalue weighted by Crippen LogP contribution is 2.09. The Labute approximate surface area is 102 Å². The molecule has 98 valence electrons. The fourth-order valence-corrected chi connectivity index (χ4v) is 2.02. The van der Waals surface area contributed by atoms with E-state index in [2.05, 4.69) is 5.32 Å². The standard InChI is InChI=1S/C12H22N2O3/c1-10(9-14-7-4-6-12(14)17)13-11(16)5-2-3-8-15/h10,15H,2-9H2,1H3,(H,13,16). The number of likely N-dealkylation sites (tertiary alicyclic amines) is 1. The van der Waals surface area contributed by atoms with Crippen LogP contribution in [0.1, 0.15) is 39.0 Å². The van der Waals surface area contributed by atoms with Crippen molar-refractivity contribution < 1.29 is 14.7 Å². The number of carbonyl (C=O) groups is 2. The first-order valence-electron chi connectivity index (χ1n) is 6.31. The third kappa shape index (κ3) is 5.17. The van der Waals surface area contributed by atoms with Crippen molar-refractivity contribution in [2.45, 2.75) is 45.1 Å². The zero-order valence-electron chi connectivity index (χ0n) is 10.4. The third-order valence-electron chi connectivity index (χ3n) is 2.88. The van der Waals surface area contributed by atoms with Gasteiger partial charge in [-0.05, 0) is 26.2 Å². The maximum atomic E-state index is 11.5. The lowest BCUT2D eigenvalue weighted by atomic mass is 10.2. The van der Waals surface area contributed by atoms with Crippen molar-refractivity contribution in [1.82, 2.24) is 10.2 Å². The normalized spacial score (nSPS) is 17.3. The van der Waals surface area contributed by atoms with Crippen LogP contribution in [0.15, 0.2) is 0 Å². The number of hydrogen-bond acceptors (Lipinski definition) is 3. The first-order chi connectivity index (χ1) is 8.13. The van der Waals surface area contributed by atoms with E-state index in [-0.39, 0.29) is 24.5 Å². The molecule has 5 heteroatoms. The van der Waals surface area contributed by atoms with Gasteiger partial charge in [-0.1, -0.05) is 0 Å². The molecule has 0 bridgehead atoms. The molecule has 0 aromatic carbocycles. The van der Waals surface area contributed by atoms with Gasteiger partial charge in [-0.15, -0.1) is 0 Å². The summed E-state index contributed by atoms with van der Waals surface area (Å²) < 4.78 is 0. The number of hydrogen-bond donors (Lipinski definition) is 2. The molecule has 1 saturated heterocycles. The van der Waals surface area contributed by atoms with Gasteiger partial charge in [-0.25, -0.2) is 0 Å². The average Bonchev–Trinajstić information content (AvgIpc) is 2.64. The van der Waals surface area contributed by atoms with Crippen molar-refractivity contribution in [2.75, 3.05) is 19.7 Å². The Bertz CT molecular complexity index is 268. The fourth-order valence-electron chi connectivity index (χ4n) is 2.02. The predicted octanol–water partition coefficient (Wildman–Crippen LogP) is 0.276. The molecule has 17 heavy (non-hydrogen) atoms. The summed E-state index contributed by atoms with van der Waals surface area (Å²) in [7, 11) is 0. The Morgan fingerprint density at radius 2 is 2.29 bits per heavy atom. The number of nitrogens with zero attached hydrogens (tertiary/aromatic N) is 1. The molecule has 0 aliphatic carbocycles. The number of aliphatic hydroxyl groups is 1. The minimum absolute atomic E-state index is 0.00123. The maximum Gasteiger partial charge on any atom is 0.222 e. The van der Waals surface area contributed by atoms with Crippen molar-refractivity contribution >= 4 is 11.8 Å². The lowest BCUT2D eigenvalue weighted by Gasteiger charge is -2.21. The van der Waals surface area contributed by atoms with Gasteiger partial charge in [0, 0.05) is 38.6 Å². The predicted molar refractivity (Wildman–Crippen MR) is 64.4 cm³/mol. The number of unbranched alkanes of at least 4 members (excludes halogenated alkanes) is 1. The van der Waals surface area contributed by atoms with E-state index < -0.39 is 0 Å². The smallest absolute Gasteiger partial charge is 0.222 e. The second-order valence-electron chi connectivity index (χ2n) is 4.59. The van der Waals surface area contributed by atoms with Crippen LogP contribution < -0.4 is 5.32 Å². The van der Waals surface area contributed by atoms with Gasteiger partial charge in [-0.3, -0.25) is 9.59 Å². The first kappa shape index (κ1) is 14.0. The number of carbonyl (C=O) groups excluding carboxylic acids is 2. The Kier molecular flexibility index (Phi) is 5.97. The molecule has 1 unspecified atom stereocenters. The zero-order valence-corrected chi connectivity index (χ0v) is 10.4. The summed E-state index contributed by atoms with van der Waals surface area (Å²) in [6.07, 6.45) is 3.37. The molecule has 0 saturated carbocycles. The average molecular weight is 242 g/mol. The molecule has 1 aliphatic heterocycles. The highest BCUT2D eigenvalue weighted by atomic mass is 16.3. The molecular formula is C12H22N2O3. The van der Waals surface area contributed by atoms with Crippen molar-refractivity contribution in [3.05, 3.63) is 0 Å². The second kappa shape index (κ2) is 7.27. The third-order valence-corrected chi connectivity index (χ3v) is 2.88. The van der Waals surface area contributed by atoms with Gasteiger partial charge in [-0.2, -0.15) is 0 Å². The molecule has 2 amide bonds. The minimum atomic E-state index is -0.00223. The van der Waals surface area contributed by atoms with Gasteiger partial charge in [0.05, 0.1) is 0 Å². The van der Waals surface area contributed by atoms with E-state index in [1.165, 1.54) is 0 Å². The van der Waals surface area contributed by atoms with Crippen LogP contribution in [-0.4, -0.2) is 47.6 Å². The van der Waals surface area contributed by atoms with Gasteiger partial charge < -0.3 is 15.3 Å². The molecule has 1 rings (SSSR count). The van der Waals surface area contributed by atoms with Crippen molar-refractivity contribution in [1.29, 1.82) is 0 Å². The van der Waals surface area contributed by atoms with Gasteiger partial charge in [0.25, 0.3) is 0 Å². The molecule has 0 aromatic rings. The largest absolute Gasteiger partial charge is 0.396 e. The molecule has 1 aliphatic rings. The summed E-state index contributed by atoms with van der Waals surface area (Å²) in [5.41, 5.74) is 0. The lowest BCUT2D eigenvalue weighted by Crippen LogP contribution is -2.42. The van der Waals surface area contributed by atoms with Crippen molar-refractivity contribution in [3.8, 4) is 0 Å². The number of nitrogens with one attached hydrogen (secondary N) is 1. The maximum absolute atomic E-state index is 11.5. The van der Waals surface area contributed by atoms with E-state index in [9.17, 15) is 9.59 Å². The van der Waals surface area contributed by atoms with Crippen molar-refractivity contribution in [3.63, 3.8) is 0 Å². The van der Waals surface area contributed by atoms with Crippen LogP contribution in [-0.2, 0) is 9.59 Å². The number of amides is 2. The van der Waals surface area contributed by atoms with Crippen molar-refractivity contribution in [2.24, 2.45) is 0 Å². The molecule has 0 spiro atoms. The zero-order chi connectivity index (χ0) is 12.7. The quantitative estimate of drug-likeness (QED) is 0.630. The molecule has 0 radical (unpaired) electrons. The molecule has 5 nitrogen and oxygen atoms in total. The van der Waals surface area contributed by atoms with Gasteiger partial charge in [0.15, 0.2) is 0 Å². The fraction of sp³-hybridized carbons (Fsp3) is 0.833. The highest BCUT2D eigenvalue weighted by Gasteiger charge is 2.22. The number of rotatable bonds is 7. The van der Waals surface area contributed by atoms with Gasteiger partial charge in [0.1, 0.15) is 0 Å². The minimum Gasteiger partial charge on any atom is -0.396 e. The molecule has 0 aromatic heterocycles. The van der Waals surface area contributed by atoms with Crippen LogP contribution in [0.3, 0.4) is 0 Å². The van der Waals surface area contributed by atoms with Gasteiger partial charge >= 0.3 is 0 Å². The molecule has 1 atom stereocenters. The van der Waals surface area contributed by atoms with E-state index in [0.717, 1.165) is 13.0 Å². The van der Waals surface area contributed by atoms with Gasteiger partial charge in [0.2, 0.25) is 11.8 Å². The van der Waals surface area contributed by atoms with Crippen LogP contribution in [0.4, 0.5) is 0 Å². The lowest BCUT2D eigenvalue weighted by molar-refractivity contribution is -0.129. The Balaban J connectivity index is 2.17. The van der Waals surface area contributed by atoms with E-state index in [1.54, 1.807) is 4.90 Å². The summed E-state index contributed by atoms with van der Waals surface area (Å²) >= 11 is 0. The summed E-state index contributed by atoms with van der Waals surface area (Å²) in [6, 6.07) is -0.00123. The first-order valence-corrected chi connectivity index (χ1v) is 6.31. The van der Waals surface area contributed by atoms with Crippen LogP contribution in [0.5, 0.6) is 0 Å². The molecular weight excluding hydrogens is 220 g/mol. The highest BCUT2D eigenvalue weighted by molar-refractivity contribution is 5.78. The van der Waals surface area contributed by atoms with E-state index in [1.807, 2.05) is 6.92 Å². The topological polar surface area (TPSA) is 69.6 Å². The Morgan fingerprint density at radius 1 is 1.53 bits per heavy atom. The molecule has 1 fully saturated rings. The van der Waals surface area contributed by atoms with Crippen LogP contribution in [0, 0.1) is 0 Å². The number of aliphatic hydroxyl groups excluding tert-OH is 1. The Morgan fingerprint density at radius 3 is 2.88 bits per heavy atom. The molecule has 2 N–H and O–H groups in total. The summed E-state index contributed by atoms with van der Waals surface area (Å²) in [6.45, 7) is 3.45. The van der Waals surface area contributed by atoms with E-state index >= 15 is 0 Å². The van der Waals surface area contributed by atoms with Crippen LogP contribution in [0.2, 0.25) is 0 Å². The summed E-state index contributed by atoms with van der Waals surface area (Å²) in [5.74, 6) is 0.184. The van der Waals surface area contributed by atoms with Crippen LogP contribution >= 0.6 is 0 Å². The monoisotopic (exact) mass is 242 g/mol. The van der Waals surface area contributed by atoms with E-state index in [0.29, 0.717) is 32.2 Å². The SMILES string of the molecule is CC(CN1CCCC1=O)NC(=O)CCCCO. The Hall–Kier alpha value is -1.10. The van der Waals surface area contributed by atoms with Crippen LogP contribution in [0.25, 0.3) is 0 Å². The summed E-state index contributed by atoms with van der Waals surface area (Å²) in [4.78, 5) is 24.7. The van der Waals surface area contributed by atoms with E-state index in [4.69, 9.17) is 5.11 Å². The second-order valence-corrected chi connectivity index (χ2v) is 4.59. The summed E-state index contributed by atoms with van der Waals surface area (Å²) in [5, 5.41) is 11.5.